The number of phosphoric ester groups is 1. The van der Waals surface area contributed by atoms with Gasteiger partial charge in [-0.15, -0.1) is 0 Å². The van der Waals surface area contributed by atoms with Crippen molar-refractivity contribution in [2.24, 2.45) is 0 Å². The fraction of sp³-hybridized carbons (Fsp3) is 0.556. The van der Waals surface area contributed by atoms with Gasteiger partial charge in [-0.25, -0.2) is 0 Å². The van der Waals surface area contributed by atoms with Crippen LogP contribution in [0.5, 0.6) is 0 Å². The van der Waals surface area contributed by atoms with Crippen molar-refractivity contribution in [2.75, 3.05) is 6.61 Å². The molecule has 1 aromatic heterocycles. The van der Waals surface area contributed by atoms with Gasteiger partial charge in [0.1, 0.15) is 24.0 Å². The quantitative estimate of drug-likeness (QED) is 0.176. The Balaban J connectivity index is 0.00000264. The van der Waals surface area contributed by atoms with Gasteiger partial charge >= 0.3 is 59.1 Å². The minimum atomic E-state index is -5.23. The first kappa shape index (κ1) is 25.4. The Labute approximate surface area is 194 Å². The zero-order valence-electron chi connectivity index (χ0n) is 12.7. The Morgan fingerprint density at radius 2 is 2.08 bits per heavy atom. The van der Waals surface area contributed by atoms with E-state index in [-0.39, 0.29) is 64.8 Å². The molecule has 0 bridgehead atoms. The van der Waals surface area contributed by atoms with Crippen LogP contribution in [0, 0.1) is 3.57 Å². The molecule has 1 aliphatic rings. The second-order valence-corrected chi connectivity index (χ2v) is 6.70. The molecule has 0 aliphatic carbocycles. The van der Waals surface area contributed by atoms with E-state index in [9.17, 15) is 29.4 Å². The minimum Gasteiger partial charge on any atom is -0.790 e. The van der Waals surface area contributed by atoms with Gasteiger partial charge in [-0.2, -0.15) is 5.10 Å². The standard InChI is InChI=1S/C9H13IN3O8P.2Na/c10-3-1-11-13-5(3)8(16)12-9-7(15)6(14)4(21-9)2-20-22(17,18)19;;/h1,4,6-7,9,14-15H,2H2,(H,11,13)(H,12,16)(H2,17,18,19);;/q;2*+1/p-2/t4-,6-,7-,9-;;/m1../s1. The summed E-state index contributed by atoms with van der Waals surface area (Å²) in [6.45, 7) is -0.767. The van der Waals surface area contributed by atoms with Crippen molar-refractivity contribution in [3.8, 4) is 0 Å². The molecule has 4 atom stereocenters. The first-order valence-corrected chi connectivity index (χ1v) is 8.41. The third kappa shape index (κ3) is 6.85. The van der Waals surface area contributed by atoms with Crippen LogP contribution in [0.15, 0.2) is 6.20 Å². The summed E-state index contributed by atoms with van der Waals surface area (Å²) < 4.78 is 20.0. The van der Waals surface area contributed by atoms with Crippen molar-refractivity contribution < 1.29 is 97.7 Å². The molecule has 1 saturated heterocycles. The number of hydrogen-bond acceptors (Lipinski definition) is 9. The second kappa shape index (κ2) is 10.7. The van der Waals surface area contributed by atoms with Gasteiger partial charge in [0.15, 0.2) is 6.23 Å². The van der Waals surface area contributed by atoms with Crippen LogP contribution >= 0.6 is 30.4 Å². The van der Waals surface area contributed by atoms with Gasteiger partial charge in [0.25, 0.3) is 5.91 Å². The summed E-state index contributed by atoms with van der Waals surface area (Å²) in [6.07, 6.45) is -4.22. The van der Waals surface area contributed by atoms with Crippen LogP contribution in [-0.4, -0.2) is 57.5 Å². The van der Waals surface area contributed by atoms with Gasteiger partial charge < -0.3 is 39.1 Å². The van der Waals surface area contributed by atoms with Gasteiger partial charge in [-0.3, -0.25) is 9.89 Å². The molecule has 24 heavy (non-hydrogen) atoms. The number of amides is 1. The number of aromatic nitrogens is 2. The predicted molar refractivity (Wildman–Crippen MR) is 73.0 cm³/mol. The molecular formula is C9H11IN3Na2O8P. The fourth-order valence-electron chi connectivity index (χ4n) is 1.80. The number of hydrogen-bond donors (Lipinski definition) is 4. The number of aliphatic hydroxyl groups is 2. The van der Waals surface area contributed by atoms with Gasteiger partial charge in [-0.1, -0.05) is 0 Å². The number of aliphatic hydroxyl groups excluding tert-OH is 2. The number of aromatic amines is 1. The Bertz CT molecular complexity index is 601. The van der Waals surface area contributed by atoms with Crippen molar-refractivity contribution in [1.29, 1.82) is 0 Å². The van der Waals surface area contributed by atoms with Gasteiger partial charge in [-0.05, 0) is 22.6 Å². The Morgan fingerprint density at radius 3 is 2.58 bits per heavy atom. The van der Waals surface area contributed by atoms with Crippen molar-refractivity contribution in [1.82, 2.24) is 15.5 Å². The molecule has 15 heteroatoms. The summed E-state index contributed by atoms with van der Waals surface area (Å²) in [5.41, 5.74) is 0.134. The normalized spacial score (nSPS) is 26.4. The molecule has 4 N–H and O–H groups in total. The molecule has 124 valence electrons. The molecule has 1 fully saturated rings. The Morgan fingerprint density at radius 1 is 1.46 bits per heavy atom. The van der Waals surface area contributed by atoms with Crippen LogP contribution in [0.25, 0.3) is 0 Å². The maximum Gasteiger partial charge on any atom is 1.00 e. The van der Waals surface area contributed by atoms with Crippen LogP contribution in [0.3, 0.4) is 0 Å². The largest absolute Gasteiger partial charge is 1.00 e. The number of ether oxygens (including phenoxy) is 1. The van der Waals surface area contributed by atoms with Crippen LogP contribution in [0.4, 0.5) is 0 Å². The third-order valence-corrected chi connectivity index (χ3v) is 4.14. The van der Waals surface area contributed by atoms with Crippen LogP contribution in [-0.2, 0) is 13.8 Å². The number of nitrogens with zero attached hydrogens (tertiary/aromatic N) is 1. The molecule has 2 heterocycles. The monoisotopic (exact) mass is 493 g/mol. The molecule has 0 radical (unpaired) electrons. The summed E-state index contributed by atoms with van der Waals surface area (Å²) in [4.78, 5) is 32.7. The van der Waals surface area contributed by atoms with Crippen molar-refractivity contribution >= 4 is 36.3 Å². The van der Waals surface area contributed by atoms with Gasteiger partial charge in [0.05, 0.1) is 24.2 Å². The number of carbonyl (C=O) groups is 1. The smallest absolute Gasteiger partial charge is 0.790 e. The molecule has 11 nitrogen and oxygen atoms in total. The number of phosphoric acid groups is 1. The van der Waals surface area contributed by atoms with E-state index in [0.717, 1.165) is 0 Å². The van der Waals surface area contributed by atoms with Crippen LogP contribution in [0.2, 0.25) is 0 Å². The van der Waals surface area contributed by atoms with E-state index in [1.54, 1.807) is 0 Å². The van der Waals surface area contributed by atoms with E-state index in [2.05, 4.69) is 20.0 Å². The average Bonchev–Trinajstić information content (AvgIpc) is 2.95. The molecule has 2 rings (SSSR count). The average molecular weight is 493 g/mol. The zero-order chi connectivity index (χ0) is 16.5. The Kier molecular flexibility index (Phi) is 11.3. The number of halogens is 1. The number of nitrogens with one attached hydrogen (secondary N) is 2. The SMILES string of the molecule is O=C(N[C@@H]1O[C@H](COP(=O)([O-])[O-])[C@@H](O)[C@H]1O)c1[nH]ncc1I.[Na+].[Na+]. The van der Waals surface area contributed by atoms with E-state index in [0.29, 0.717) is 3.57 Å². The molecule has 0 spiro atoms. The first-order valence-electron chi connectivity index (χ1n) is 5.87. The summed E-state index contributed by atoms with van der Waals surface area (Å²) in [7, 11) is -5.23. The zero-order valence-corrected chi connectivity index (χ0v) is 19.8. The molecule has 1 aliphatic heterocycles. The van der Waals surface area contributed by atoms with Crippen LogP contribution < -0.4 is 74.2 Å². The van der Waals surface area contributed by atoms with Gasteiger partial charge in [0, 0.05) is 0 Å². The predicted octanol–water partition coefficient (Wildman–Crippen LogP) is -8.96. The summed E-state index contributed by atoms with van der Waals surface area (Å²) in [6, 6.07) is 0. The molecule has 1 aromatic rings. The van der Waals surface area contributed by atoms with E-state index in [4.69, 9.17) is 4.74 Å². The second-order valence-electron chi connectivity index (χ2n) is 4.39. The summed E-state index contributed by atoms with van der Waals surface area (Å²) >= 11 is 1.87. The summed E-state index contributed by atoms with van der Waals surface area (Å²) in [5.74, 6) is -0.641. The fourth-order valence-corrected chi connectivity index (χ4v) is 2.64. The molecule has 1 amide bonds. The van der Waals surface area contributed by atoms with E-state index >= 15 is 0 Å². The maximum atomic E-state index is 11.9. The number of carbonyl (C=O) groups excluding carboxylic acids is 1. The number of H-pyrrole nitrogens is 1. The third-order valence-electron chi connectivity index (χ3n) is 2.85. The molecule has 0 unspecified atom stereocenters. The maximum absolute atomic E-state index is 11.9. The van der Waals surface area contributed by atoms with E-state index in [1.807, 2.05) is 22.6 Å². The van der Waals surface area contributed by atoms with E-state index in [1.165, 1.54) is 6.20 Å². The molecule has 0 saturated carbocycles. The van der Waals surface area contributed by atoms with E-state index < -0.39 is 44.9 Å². The van der Waals surface area contributed by atoms with Crippen molar-refractivity contribution in [3.05, 3.63) is 15.5 Å². The molecule has 0 aromatic carbocycles. The van der Waals surface area contributed by atoms with Crippen LogP contribution in [0.1, 0.15) is 10.5 Å². The molecular weight excluding hydrogens is 482 g/mol. The first-order chi connectivity index (χ1) is 10.2. The number of rotatable bonds is 5. The minimum absolute atomic E-state index is 0. The Hall–Kier alpha value is 1.40. The van der Waals surface area contributed by atoms with Gasteiger partial charge in [0.2, 0.25) is 0 Å². The van der Waals surface area contributed by atoms with Crippen molar-refractivity contribution in [3.63, 3.8) is 0 Å². The van der Waals surface area contributed by atoms with Crippen molar-refractivity contribution in [2.45, 2.75) is 24.5 Å². The summed E-state index contributed by atoms with van der Waals surface area (Å²) in [5, 5.41) is 27.9. The topological polar surface area (TPSA) is 180 Å².